The lowest BCUT2D eigenvalue weighted by Crippen LogP contribution is -2.46. The summed E-state index contributed by atoms with van der Waals surface area (Å²) in [5.41, 5.74) is 0.669. The molecule has 0 unspecified atom stereocenters. The lowest BCUT2D eigenvalue weighted by atomic mass is 9.80. The number of aliphatic hydroxyl groups is 1. The second-order valence-corrected chi connectivity index (χ2v) is 6.29. The molecule has 1 aliphatic carbocycles. The number of benzene rings is 2. The van der Waals surface area contributed by atoms with E-state index < -0.39 is 17.4 Å². The Morgan fingerprint density at radius 3 is 2.71 bits per heavy atom. The molecule has 1 aliphatic heterocycles. The molecule has 0 fully saturated rings. The minimum atomic E-state index is -1.82. The van der Waals surface area contributed by atoms with E-state index in [4.69, 9.17) is 4.74 Å². The molecule has 1 amide bonds. The first-order valence-electron chi connectivity index (χ1n) is 7.79. The second-order valence-electron chi connectivity index (χ2n) is 6.29. The van der Waals surface area contributed by atoms with Crippen LogP contribution in [0, 0.1) is 5.92 Å². The van der Waals surface area contributed by atoms with Crippen molar-refractivity contribution in [2.45, 2.75) is 12.0 Å². The number of likely N-dealkylation sites (N-methyl/N-ethyl adjacent to an activating group) is 1. The van der Waals surface area contributed by atoms with Crippen molar-refractivity contribution < 1.29 is 19.4 Å². The Morgan fingerprint density at radius 2 is 1.96 bits per heavy atom. The van der Waals surface area contributed by atoms with Gasteiger partial charge in [0.2, 0.25) is 0 Å². The van der Waals surface area contributed by atoms with Gasteiger partial charge in [0.25, 0.3) is 5.91 Å². The summed E-state index contributed by atoms with van der Waals surface area (Å²) in [4.78, 5) is 27.1. The van der Waals surface area contributed by atoms with E-state index in [0.717, 1.165) is 5.56 Å². The van der Waals surface area contributed by atoms with Crippen LogP contribution in [0.25, 0.3) is 0 Å². The molecule has 4 rings (SSSR count). The molecule has 122 valence electrons. The first-order chi connectivity index (χ1) is 11.5. The SMILES string of the molecule is COc1ccc2c(c1)C[C@@H]([C@@]1(O)C(=O)N(C)c3ccccc31)C2=O. The molecule has 1 heterocycles. The van der Waals surface area contributed by atoms with Crippen LogP contribution in [-0.4, -0.2) is 31.0 Å². The van der Waals surface area contributed by atoms with Gasteiger partial charge in [0.15, 0.2) is 11.4 Å². The first kappa shape index (κ1) is 14.9. The number of rotatable bonds is 2. The molecular weight excluding hydrogens is 306 g/mol. The van der Waals surface area contributed by atoms with Crippen LogP contribution >= 0.6 is 0 Å². The highest BCUT2D eigenvalue weighted by Crippen LogP contribution is 2.48. The monoisotopic (exact) mass is 323 g/mol. The number of methoxy groups -OCH3 is 1. The van der Waals surface area contributed by atoms with Gasteiger partial charge in [-0.2, -0.15) is 0 Å². The van der Waals surface area contributed by atoms with Crippen LogP contribution in [0.1, 0.15) is 21.5 Å². The van der Waals surface area contributed by atoms with Gasteiger partial charge in [0.05, 0.1) is 18.7 Å². The molecule has 0 aromatic heterocycles. The van der Waals surface area contributed by atoms with Crippen molar-refractivity contribution in [2.75, 3.05) is 19.1 Å². The molecule has 5 heteroatoms. The lowest BCUT2D eigenvalue weighted by Gasteiger charge is -2.27. The molecule has 0 saturated carbocycles. The second kappa shape index (κ2) is 4.92. The summed E-state index contributed by atoms with van der Waals surface area (Å²) < 4.78 is 5.21. The zero-order valence-electron chi connectivity index (χ0n) is 13.4. The van der Waals surface area contributed by atoms with Gasteiger partial charge in [0, 0.05) is 18.2 Å². The summed E-state index contributed by atoms with van der Waals surface area (Å²) in [5.74, 6) is -0.821. The quantitative estimate of drug-likeness (QED) is 0.917. The van der Waals surface area contributed by atoms with E-state index in [0.29, 0.717) is 29.0 Å². The number of Topliss-reactive ketones (excluding diaryl/α,β-unsaturated/α-hetero) is 1. The average molecular weight is 323 g/mol. The van der Waals surface area contributed by atoms with E-state index in [2.05, 4.69) is 0 Å². The van der Waals surface area contributed by atoms with Crippen molar-refractivity contribution in [1.29, 1.82) is 0 Å². The summed E-state index contributed by atoms with van der Waals surface area (Å²) in [6, 6.07) is 12.3. The Balaban J connectivity index is 1.82. The molecule has 2 aromatic carbocycles. The van der Waals surface area contributed by atoms with E-state index in [-0.39, 0.29) is 5.78 Å². The number of para-hydroxylation sites is 1. The third kappa shape index (κ3) is 1.73. The fourth-order valence-corrected chi connectivity index (χ4v) is 3.85. The third-order valence-corrected chi connectivity index (χ3v) is 5.13. The number of anilines is 1. The highest BCUT2D eigenvalue weighted by molar-refractivity contribution is 6.13. The van der Waals surface area contributed by atoms with E-state index >= 15 is 0 Å². The number of hydrogen-bond donors (Lipinski definition) is 1. The van der Waals surface area contributed by atoms with Crippen LogP contribution in [0.2, 0.25) is 0 Å². The Labute approximate surface area is 139 Å². The van der Waals surface area contributed by atoms with Gasteiger partial charge in [-0.1, -0.05) is 18.2 Å². The first-order valence-corrected chi connectivity index (χ1v) is 7.79. The number of carbonyl (C=O) groups is 2. The van der Waals surface area contributed by atoms with Gasteiger partial charge in [-0.3, -0.25) is 9.59 Å². The zero-order valence-corrected chi connectivity index (χ0v) is 13.4. The minimum absolute atomic E-state index is 0.200. The maximum Gasteiger partial charge on any atom is 0.264 e. The van der Waals surface area contributed by atoms with Crippen LogP contribution in [0.3, 0.4) is 0 Å². The molecular formula is C19H17NO4. The van der Waals surface area contributed by atoms with Gasteiger partial charge >= 0.3 is 0 Å². The number of hydrogen-bond acceptors (Lipinski definition) is 4. The van der Waals surface area contributed by atoms with Gasteiger partial charge in [-0.25, -0.2) is 0 Å². The molecule has 0 spiro atoms. The summed E-state index contributed by atoms with van der Waals surface area (Å²) in [5, 5.41) is 11.3. The van der Waals surface area contributed by atoms with Crippen molar-refractivity contribution in [3.63, 3.8) is 0 Å². The Hall–Kier alpha value is -2.66. The summed E-state index contributed by atoms with van der Waals surface area (Å²) in [6.45, 7) is 0. The predicted molar refractivity (Wildman–Crippen MR) is 88.3 cm³/mol. The number of fused-ring (bicyclic) bond motifs is 2. The van der Waals surface area contributed by atoms with Gasteiger partial charge < -0.3 is 14.7 Å². The molecule has 1 N–H and O–H groups in total. The topological polar surface area (TPSA) is 66.8 Å². The molecule has 2 aromatic rings. The van der Waals surface area contributed by atoms with Crippen LogP contribution in [-0.2, 0) is 16.8 Å². The largest absolute Gasteiger partial charge is 0.497 e. The van der Waals surface area contributed by atoms with Crippen LogP contribution in [0.5, 0.6) is 5.75 Å². The van der Waals surface area contributed by atoms with Crippen molar-refractivity contribution in [1.82, 2.24) is 0 Å². The molecule has 24 heavy (non-hydrogen) atoms. The van der Waals surface area contributed by atoms with Gasteiger partial charge in [-0.15, -0.1) is 0 Å². The molecule has 2 aliphatic rings. The zero-order chi connectivity index (χ0) is 17.1. The Bertz CT molecular complexity index is 875. The number of carbonyl (C=O) groups excluding carboxylic acids is 2. The maximum absolute atomic E-state index is 12.9. The van der Waals surface area contributed by atoms with Crippen molar-refractivity contribution in [3.05, 3.63) is 59.2 Å². The predicted octanol–water partition coefficient (Wildman–Crippen LogP) is 1.91. The van der Waals surface area contributed by atoms with Crippen molar-refractivity contribution in [3.8, 4) is 5.75 Å². The molecule has 0 radical (unpaired) electrons. The van der Waals surface area contributed by atoms with E-state index in [1.165, 1.54) is 4.90 Å². The van der Waals surface area contributed by atoms with E-state index in [1.54, 1.807) is 50.6 Å². The molecule has 5 nitrogen and oxygen atoms in total. The Morgan fingerprint density at radius 1 is 1.21 bits per heavy atom. The Kier molecular flexibility index (Phi) is 3.05. The van der Waals surface area contributed by atoms with Crippen LogP contribution < -0.4 is 9.64 Å². The molecule has 0 saturated heterocycles. The maximum atomic E-state index is 12.9. The summed E-state index contributed by atoms with van der Waals surface area (Å²) >= 11 is 0. The number of ketones is 1. The number of nitrogens with zero attached hydrogens (tertiary/aromatic N) is 1. The highest BCUT2D eigenvalue weighted by atomic mass is 16.5. The van der Waals surface area contributed by atoms with E-state index in [9.17, 15) is 14.7 Å². The fraction of sp³-hybridized carbons (Fsp3) is 0.263. The van der Waals surface area contributed by atoms with Crippen molar-refractivity contribution >= 4 is 17.4 Å². The summed E-state index contributed by atoms with van der Waals surface area (Å²) in [7, 11) is 3.18. The number of amides is 1. The van der Waals surface area contributed by atoms with Gasteiger partial charge in [-0.05, 0) is 36.2 Å². The highest BCUT2D eigenvalue weighted by Gasteiger charge is 2.57. The standard InChI is InChI=1S/C19H17NO4/c1-20-16-6-4-3-5-14(16)19(23,18(20)22)15-10-11-9-12(24-2)7-8-13(11)17(15)21/h3-9,15,23H,10H2,1-2H3/t15-,19-/m1/s1. The smallest absolute Gasteiger partial charge is 0.264 e. The van der Waals surface area contributed by atoms with Crippen LogP contribution in [0.4, 0.5) is 5.69 Å². The fourth-order valence-electron chi connectivity index (χ4n) is 3.85. The van der Waals surface area contributed by atoms with Gasteiger partial charge in [0.1, 0.15) is 5.75 Å². The van der Waals surface area contributed by atoms with Crippen LogP contribution in [0.15, 0.2) is 42.5 Å². The normalized spacial score (nSPS) is 25.0. The van der Waals surface area contributed by atoms with Crippen molar-refractivity contribution in [2.24, 2.45) is 5.92 Å². The minimum Gasteiger partial charge on any atom is -0.497 e. The molecule has 0 bridgehead atoms. The third-order valence-electron chi connectivity index (χ3n) is 5.13. The van der Waals surface area contributed by atoms with E-state index in [1.807, 2.05) is 6.07 Å². The average Bonchev–Trinajstić information content (AvgIpc) is 3.04. The summed E-state index contributed by atoms with van der Waals surface area (Å²) in [6.07, 6.45) is 0.315. The molecule has 2 atom stereocenters. The number of ether oxygens (including phenoxy) is 1. The lowest BCUT2D eigenvalue weighted by molar-refractivity contribution is -0.139.